The van der Waals surface area contributed by atoms with Crippen LogP contribution in [0.25, 0.3) is 0 Å². The molecule has 0 bridgehead atoms. The molecule has 0 saturated carbocycles. The van der Waals surface area contributed by atoms with Crippen molar-refractivity contribution in [2.24, 2.45) is 0 Å². The Kier molecular flexibility index (Phi) is 5.81. The highest BCUT2D eigenvalue weighted by molar-refractivity contribution is 8.02. The smallest absolute Gasteiger partial charge is 0.176 e. The Bertz CT molecular complexity index is 850. The van der Waals surface area contributed by atoms with Crippen LogP contribution in [0.3, 0.4) is 0 Å². The van der Waals surface area contributed by atoms with Gasteiger partial charge in [0.2, 0.25) is 0 Å². The van der Waals surface area contributed by atoms with Crippen LogP contribution in [0.15, 0.2) is 19.6 Å². The lowest BCUT2D eigenvalue weighted by molar-refractivity contribution is 0.589. The topological polar surface area (TPSA) is 137 Å². The molecule has 0 aliphatic carbocycles. The minimum atomic E-state index is -3.28. The zero-order chi connectivity index (χ0) is 19.1. The second-order valence-corrected chi connectivity index (χ2v) is 14.5. The molecule has 0 saturated heterocycles. The number of hydrogen-bond donors (Lipinski definition) is 0. The molecular weight excluding hydrogens is 400 g/mol. The molecule has 2 aliphatic rings. The largest absolute Gasteiger partial charge is 0.224 e. The fourth-order valence-corrected chi connectivity index (χ4v) is 9.94. The predicted octanol–water partition coefficient (Wildman–Crippen LogP) is 0.162. The summed E-state index contributed by atoms with van der Waals surface area (Å²) in [5, 5.41) is 0. The summed E-state index contributed by atoms with van der Waals surface area (Å²) >= 11 is 0. The van der Waals surface area contributed by atoms with Gasteiger partial charge < -0.3 is 0 Å². The maximum absolute atomic E-state index is 11.2. The monoisotopic (exact) mass is 420 g/mol. The van der Waals surface area contributed by atoms with Crippen molar-refractivity contribution in [3.8, 4) is 0 Å². The van der Waals surface area contributed by atoms with Crippen molar-refractivity contribution in [1.82, 2.24) is 0 Å². The van der Waals surface area contributed by atoms with E-state index in [1.807, 2.05) is 0 Å². The molecule has 2 rings (SSSR count). The molecule has 0 amide bonds. The van der Waals surface area contributed by atoms with Crippen LogP contribution in [0.1, 0.15) is 27.7 Å². The van der Waals surface area contributed by atoms with E-state index in [4.69, 9.17) is 0 Å². The van der Waals surface area contributed by atoms with Crippen LogP contribution in [0.5, 0.6) is 0 Å². The molecule has 0 spiro atoms. The van der Waals surface area contributed by atoms with Crippen molar-refractivity contribution >= 4 is 39.3 Å². The molecule has 0 atom stereocenters. The first-order valence-electron chi connectivity index (χ1n) is 6.80. The molecule has 0 aromatic rings. The molecule has 140 valence electrons. The zero-order valence-electron chi connectivity index (χ0n) is 13.7. The molecule has 0 N–H and O–H groups in total. The van der Waals surface area contributed by atoms with Gasteiger partial charge in [0.25, 0.3) is 0 Å². The molecule has 2 aliphatic heterocycles. The van der Waals surface area contributed by atoms with E-state index in [2.05, 4.69) is 0 Å². The van der Waals surface area contributed by atoms with Crippen LogP contribution in [-0.4, -0.2) is 56.7 Å². The third-order valence-corrected chi connectivity index (χ3v) is 12.8. The normalized spacial score (nSPS) is 27.2. The second kappa shape index (κ2) is 6.54. The highest BCUT2D eigenvalue weighted by atomic mass is 32.2. The van der Waals surface area contributed by atoms with Gasteiger partial charge >= 0.3 is 0 Å². The Hall–Kier alpha value is -0.720. The SMILES string of the molecule is CC1=C(C)S(=O)(=O)CCS1(=O)=O.CC1=C(C)S(=O)(=O)CCS1(=O)=O. The van der Waals surface area contributed by atoms with Crippen molar-refractivity contribution in [3.63, 3.8) is 0 Å². The summed E-state index contributed by atoms with van der Waals surface area (Å²) in [4.78, 5) is -0.0231. The van der Waals surface area contributed by atoms with Gasteiger partial charge in [-0.25, -0.2) is 33.7 Å². The summed E-state index contributed by atoms with van der Waals surface area (Å²) in [5.41, 5.74) is 0. The van der Waals surface area contributed by atoms with Crippen LogP contribution < -0.4 is 0 Å². The van der Waals surface area contributed by atoms with E-state index >= 15 is 0 Å². The minimum absolute atomic E-state index is 0.00579. The summed E-state index contributed by atoms with van der Waals surface area (Å²) in [6.45, 7) is 5.34. The lowest BCUT2D eigenvalue weighted by Crippen LogP contribution is -2.25. The Morgan fingerprint density at radius 2 is 0.542 bits per heavy atom. The number of rotatable bonds is 0. The van der Waals surface area contributed by atoms with E-state index in [1.165, 1.54) is 27.7 Å². The van der Waals surface area contributed by atoms with Gasteiger partial charge in [-0.1, -0.05) is 0 Å². The Balaban J connectivity index is 0.000000240. The predicted molar refractivity (Wildman–Crippen MR) is 91.9 cm³/mol. The molecule has 0 aromatic heterocycles. The minimum Gasteiger partial charge on any atom is -0.224 e. The van der Waals surface area contributed by atoms with Crippen LogP contribution in [-0.2, 0) is 39.3 Å². The van der Waals surface area contributed by atoms with Gasteiger partial charge in [0, 0.05) is 0 Å². The number of allylic oxidation sites excluding steroid dienone is 4. The van der Waals surface area contributed by atoms with E-state index in [1.54, 1.807) is 0 Å². The summed E-state index contributed by atoms with van der Waals surface area (Å²) < 4.78 is 89.3. The highest BCUT2D eigenvalue weighted by Crippen LogP contribution is 2.24. The van der Waals surface area contributed by atoms with E-state index in [9.17, 15) is 33.7 Å². The Labute approximate surface area is 143 Å². The quantitative estimate of drug-likeness (QED) is 0.540. The first kappa shape index (κ1) is 21.3. The molecule has 24 heavy (non-hydrogen) atoms. The van der Waals surface area contributed by atoms with Gasteiger partial charge in [-0.15, -0.1) is 0 Å². The van der Waals surface area contributed by atoms with Gasteiger partial charge in [-0.05, 0) is 27.7 Å². The van der Waals surface area contributed by atoms with Crippen LogP contribution in [0.2, 0.25) is 0 Å². The lowest BCUT2D eigenvalue weighted by Gasteiger charge is -2.14. The number of hydrogen-bond acceptors (Lipinski definition) is 8. The summed E-state index contributed by atoms with van der Waals surface area (Å²) in [5.74, 6) is -1.12. The average molecular weight is 421 g/mol. The first-order chi connectivity index (χ1) is 10.5. The Morgan fingerprint density at radius 1 is 0.417 bits per heavy atom. The molecule has 0 fully saturated rings. The molecule has 12 heteroatoms. The summed E-state index contributed by atoms with van der Waals surface area (Å²) in [6.07, 6.45) is 0. The zero-order valence-corrected chi connectivity index (χ0v) is 17.0. The third kappa shape index (κ3) is 4.27. The highest BCUT2D eigenvalue weighted by Gasteiger charge is 2.31. The van der Waals surface area contributed by atoms with Gasteiger partial charge in [0.1, 0.15) is 0 Å². The molecule has 0 aromatic carbocycles. The summed E-state index contributed by atoms with van der Waals surface area (Å²) in [6, 6.07) is 0. The fraction of sp³-hybridized carbons (Fsp3) is 0.667. The third-order valence-electron chi connectivity index (χ3n) is 4.10. The van der Waals surface area contributed by atoms with E-state index in [0.717, 1.165) is 0 Å². The van der Waals surface area contributed by atoms with Crippen molar-refractivity contribution in [3.05, 3.63) is 19.6 Å². The van der Waals surface area contributed by atoms with Crippen molar-refractivity contribution in [2.45, 2.75) is 27.7 Å². The molecule has 2 heterocycles. The maximum atomic E-state index is 11.2. The van der Waals surface area contributed by atoms with E-state index in [0.29, 0.717) is 0 Å². The summed E-state index contributed by atoms with van der Waals surface area (Å²) in [7, 11) is -13.1. The lowest BCUT2D eigenvalue weighted by atomic mass is 10.6. The van der Waals surface area contributed by atoms with Gasteiger partial charge in [-0.3, -0.25) is 0 Å². The van der Waals surface area contributed by atoms with Gasteiger partial charge in [-0.2, -0.15) is 0 Å². The standard InChI is InChI=1S/2C6H10O4S2/c2*1-5-6(2)12(9,10)4-3-11(5,7)8/h2*3-4H2,1-2H3. The Morgan fingerprint density at radius 3 is 0.667 bits per heavy atom. The van der Waals surface area contributed by atoms with Crippen molar-refractivity contribution in [1.29, 1.82) is 0 Å². The molecule has 0 radical (unpaired) electrons. The average Bonchev–Trinajstić information content (AvgIpc) is 2.46. The molecular formula is C12H20O8S4. The van der Waals surface area contributed by atoms with Crippen LogP contribution in [0.4, 0.5) is 0 Å². The van der Waals surface area contributed by atoms with E-state index in [-0.39, 0.29) is 42.6 Å². The second-order valence-electron chi connectivity index (χ2n) is 5.50. The van der Waals surface area contributed by atoms with Crippen molar-refractivity contribution < 1.29 is 33.7 Å². The van der Waals surface area contributed by atoms with E-state index < -0.39 is 39.3 Å². The first-order valence-corrected chi connectivity index (χ1v) is 13.4. The van der Waals surface area contributed by atoms with Gasteiger partial charge in [0.15, 0.2) is 39.3 Å². The number of sulfone groups is 4. The molecule has 0 unspecified atom stereocenters. The van der Waals surface area contributed by atoms with Gasteiger partial charge in [0.05, 0.1) is 42.6 Å². The van der Waals surface area contributed by atoms with Crippen LogP contribution >= 0.6 is 0 Å². The fourth-order valence-electron chi connectivity index (χ4n) is 1.93. The van der Waals surface area contributed by atoms with Crippen LogP contribution in [0, 0.1) is 0 Å². The maximum Gasteiger partial charge on any atom is 0.176 e. The molecule has 8 nitrogen and oxygen atoms in total. The van der Waals surface area contributed by atoms with Crippen molar-refractivity contribution in [2.75, 3.05) is 23.0 Å².